The molecule has 0 aliphatic heterocycles. The Morgan fingerprint density at radius 2 is 1.51 bits per heavy atom. The SMILES string of the molecule is CS(=O)(=O)O[C@@H](CCc1c(-c2cccc(OC(F)(F)F)c2)cccc1[N+](=O)[O-])c1cccc(OC(F)(F)C(F)F)c1. The first-order valence-corrected chi connectivity index (χ1v) is 13.2. The average molecular weight is 611 g/mol. The first-order chi connectivity index (χ1) is 18.9. The molecule has 0 amide bonds. The van der Waals surface area contributed by atoms with Crippen LogP contribution in [0, 0.1) is 10.1 Å². The molecule has 0 aromatic heterocycles. The smallest absolute Gasteiger partial charge is 0.428 e. The van der Waals surface area contributed by atoms with Gasteiger partial charge in [-0.1, -0.05) is 36.4 Å². The van der Waals surface area contributed by atoms with Crippen LogP contribution < -0.4 is 9.47 Å². The normalized spacial score (nSPS) is 13.2. The lowest BCUT2D eigenvalue weighted by Gasteiger charge is -2.20. The molecular weight excluding hydrogens is 591 g/mol. The second kappa shape index (κ2) is 12.3. The van der Waals surface area contributed by atoms with Gasteiger partial charge in [0.15, 0.2) is 0 Å². The molecule has 3 aromatic carbocycles. The third-order valence-electron chi connectivity index (χ3n) is 5.41. The van der Waals surface area contributed by atoms with Crippen LogP contribution in [0.15, 0.2) is 66.7 Å². The highest BCUT2D eigenvalue weighted by Gasteiger charge is 2.44. The fourth-order valence-corrected chi connectivity index (χ4v) is 4.51. The molecule has 0 saturated heterocycles. The van der Waals surface area contributed by atoms with Gasteiger partial charge in [-0.25, -0.2) is 0 Å². The molecule has 0 unspecified atom stereocenters. The van der Waals surface area contributed by atoms with Crippen molar-refractivity contribution < 1.29 is 57.7 Å². The monoisotopic (exact) mass is 611 g/mol. The summed E-state index contributed by atoms with van der Waals surface area (Å²) in [7, 11) is -4.21. The van der Waals surface area contributed by atoms with Gasteiger partial charge in [-0.05, 0) is 53.8 Å². The quantitative estimate of drug-likeness (QED) is 0.0936. The van der Waals surface area contributed by atoms with E-state index in [9.17, 15) is 49.3 Å². The van der Waals surface area contributed by atoms with E-state index < -0.39 is 57.2 Å². The van der Waals surface area contributed by atoms with Crippen molar-refractivity contribution in [3.63, 3.8) is 0 Å². The van der Waals surface area contributed by atoms with Crippen molar-refractivity contribution in [2.75, 3.05) is 6.26 Å². The maximum Gasteiger partial charge on any atom is 0.573 e. The van der Waals surface area contributed by atoms with Gasteiger partial charge in [0.1, 0.15) is 17.6 Å². The van der Waals surface area contributed by atoms with Crippen LogP contribution >= 0.6 is 0 Å². The van der Waals surface area contributed by atoms with Gasteiger partial charge >= 0.3 is 18.9 Å². The van der Waals surface area contributed by atoms with Crippen molar-refractivity contribution in [1.82, 2.24) is 0 Å². The number of alkyl halides is 7. The number of hydrogen-bond donors (Lipinski definition) is 0. The molecule has 16 heteroatoms. The Kier molecular flexibility index (Phi) is 9.48. The van der Waals surface area contributed by atoms with E-state index in [1.54, 1.807) is 0 Å². The van der Waals surface area contributed by atoms with E-state index in [0.29, 0.717) is 6.26 Å². The van der Waals surface area contributed by atoms with Crippen molar-refractivity contribution in [2.45, 2.75) is 37.8 Å². The fraction of sp³-hybridized carbons (Fsp3) is 0.280. The molecule has 8 nitrogen and oxygen atoms in total. The summed E-state index contributed by atoms with van der Waals surface area (Å²) in [5.41, 5.74) is -0.329. The minimum atomic E-state index is -5.00. The van der Waals surface area contributed by atoms with E-state index in [4.69, 9.17) is 4.18 Å². The molecule has 0 heterocycles. The van der Waals surface area contributed by atoms with Gasteiger partial charge < -0.3 is 9.47 Å². The Bertz CT molecular complexity index is 1500. The zero-order valence-electron chi connectivity index (χ0n) is 20.8. The number of nitrogens with zero attached hydrogens (tertiary/aromatic N) is 1. The molecule has 0 radical (unpaired) electrons. The highest BCUT2D eigenvalue weighted by Crippen LogP contribution is 2.37. The van der Waals surface area contributed by atoms with Crippen LogP contribution in [-0.2, 0) is 20.7 Å². The summed E-state index contributed by atoms with van der Waals surface area (Å²) >= 11 is 0. The molecule has 3 rings (SSSR count). The lowest BCUT2D eigenvalue weighted by molar-refractivity contribution is -0.385. The van der Waals surface area contributed by atoms with E-state index >= 15 is 0 Å². The number of ether oxygens (including phenoxy) is 2. The first kappa shape index (κ1) is 31.6. The minimum Gasteiger partial charge on any atom is -0.428 e. The Balaban J connectivity index is 2.01. The van der Waals surface area contributed by atoms with Crippen LogP contribution in [0.2, 0.25) is 0 Å². The summed E-state index contributed by atoms with van der Waals surface area (Å²) in [4.78, 5) is 11.0. The molecule has 41 heavy (non-hydrogen) atoms. The summed E-state index contributed by atoms with van der Waals surface area (Å²) in [5, 5.41) is 11.8. The van der Waals surface area contributed by atoms with Crippen LogP contribution in [0.1, 0.15) is 23.7 Å². The maximum atomic E-state index is 13.4. The number of rotatable bonds is 12. The molecule has 0 fully saturated rings. The van der Waals surface area contributed by atoms with Crippen molar-refractivity contribution in [3.8, 4) is 22.6 Å². The average Bonchev–Trinajstić information content (AvgIpc) is 2.84. The second-order valence-electron chi connectivity index (χ2n) is 8.50. The maximum absolute atomic E-state index is 13.4. The molecule has 222 valence electrons. The number of halogens is 7. The van der Waals surface area contributed by atoms with Gasteiger partial charge in [-0.3, -0.25) is 14.3 Å². The van der Waals surface area contributed by atoms with Gasteiger partial charge in [0.05, 0.1) is 11.2 Å². The second-order valence-corrected chi connectivity index (χ2v) is 10.1. The predicted molar refractivity (Wildman–Crippen MR) is 130 cm³/mol. The van der Waals surface area contributed by atoms with E-state index in [2.05, 4.69) is 9.47 Å². The fourth-order valence-electron chi connectivity index (χ4n) is 3.88. The molecule has 1 atom stereocenters. The molecule has 0 aliphatic carbocycles. The Hall–Kier alpha value is -3.92. The molecule has 0 spiro atoms. The van der Waals surface area contributed by atoms with E-state index in [1.807, 2.05) is 0 Å². The minimum absolute atomic E-state index is 0.0135. The number of nitro benzene ring substituents is 1. The lowest BCUT2D eigenvalue weighted by Crippen LogP contribution is -2.33. The van der Waals surface area contributed by atoms with Crippen molar-refractivity contribution in [1.29, 1.82) is 0 Å². The summed E-state index contributed by atoms with van der Waals surface area (Å²) in [6.07, 6.45) is -15.4. The Morgan fingerprint density at radius 3 is 2.10 bits per heavy atom. The lowest BCUT2D eigenvalue weighted by atomic mass is 9.93. The number of hydrogen-bond acceptors (Lipinski definition) is 7. The largest absolute Gasteiger partial charge is 0.573 e. The van der Waals surface area contributed by atoms with Crippen molar-refractivity contribution in [2.24, 2.45) is 0 Å². The summed E-state index contributed by atoms with van der Waals surface area (Å²) in [5.74, 6) is -1.33. The van der Waals surface area contributed by atoms with Crippen LogP contribution in [-0.4, -0.2) is 38.5 Å². The van der Waals surface area contributed by atoms with Gasteiger partial charge in [0.2, 0.25) is 0 Å². The van der Waals surface area contributed by atoms with Gasteiger partial charge in [-0.15, -0.1) is 13.2 Å². The van der Waals surface area contributed by atoms with E-state index in [-0.39, 0.29) is 35.1 Å². The highest BCUT2D eigenvalue weighted by molar-refractivity contribution is 7.86. The molecule has 3 aromatic rings. The van der Waals surface area contributed by atoms with Crippen LogP contribution in [0.4, 0.5) is 36.4 Å². The topological polar surface area (TPSA) is 105 Å². The van der Waals surface area contributed by atoms with E-state index in [0.717, 1.165) is 36.4 Å². The molecular formula is C25H20F7NO7S. The third-order valence-corrected chi connectivity index (χ3v) is 5.99. The predicted octanol–water partition coefficient (Wildman–Crippen LogP) is 7.05. The summed E-state index contributed by atoms with van der Waals surface area (Å²) < 4.78 is 127. The third kappa shape index (κ3) is 9.04. The highest BCUT2D eigenvalue weighted by atomic mass is 32.2. The summed E-state index contributed by atoms with van der Waals surface area (Å²) in [6.45, 7) is 0. The number of nitro groups is 1. The molecule has 0 N–H and O–H groups in total. The van der Waals surface area contributed by atoms with Crippen LogP contribution in [0.3, 0.4) is 0 Å². The Morgan fingerprint density at radius 1 is 0.902 bits per heavy atom. The van der Waals surface area contributed by atoms with Gasteiger partial charge in [-0.2, -0.15) is 26.0 Å². The summed E-state index contributed by atoms with van der Waals surface area (Å²) in [6, 6.07) is 12.6. The standard InChI is InChI=1S/C25H20F7NO7S/c1-41(36,37)40-22(16-6-3-7-17(14-16)38-24(28,29)23(26)27)12-11-20-19(9-4-10-21(20)33(34)35)15-5-2-8-18(13-15)39-25(30,31)32/h2-10,13-14,22-23H,11-12H2,1H3/t22-/m0/s1. The van der Waals surface area contributed by atoms with Gasteiger partial charge in [0.25, 0.3) is 15.8 Å². The molecule has 0 aliphatic rings. The van der Waals surface area contributed by atoms with Crippen LogP contribution in [0.5, 0.6) is 11.5 Å². The van der Waals surface area contributed by atoms with Crippen molar-refractivity contribution >= 4 is 15.8 Å². The Labute approximate surface area is 228 Å². The molecule has 0 saturated carbocycles. The molecule has 0 bridgehead atoms. The zero-order chi connectivity index (χ0) is 30.6. The van der Waals surface area contributed by atoms with Gasteiger partial charge in [0, 0.05) is 11.6 Å². The van der Waals surface area contributed by atoms with Crippen molar-refractivity contribution in [3.05, 3.63) is 88.0 Å². The number of benzene rings is 3. The first-order valence-electron chi connectivity index (χ1n) is 11.4. The zero-order valence-corrected chi connectivity index (χ0v) is 21.6. The van der Waals surface area contributed by atoms with E-state index in [1.165, 1.54) is 30.3 Å². The van der Waals surface area contributed by atoms with Crippen LogP contribution in [0.25, 0.3) is 11.1 Å².